The molecule has 0 spiro atoms. The molecule has 0 aromatic heterocycles. The van der Waals surface area contributed by atoms with E-state index in [1.165, 1.54) is 0 Å². The largest absolute Gasteiger partial charge is 0.631 e. The van der Waals surface area contributed by atoms with E-state index in [4.69, 9.17) is 60.3 Å². The van der Waals surface area contributed by atoms with Crippen LogP contribution in [0, 0.1) is 0 Å². The molecular formula is H12B4MnO12. The van der Waals surface area contributed by atoms with Crippen LogP contribution in [0.15, 0.2) is 0 Å². The molecule has 0 amide bonds. The maximum atomic E-state index is 7.17. The average Bonchev–Trinajstić information content (AvgIpc) is 1.76. The molecule has 0 saturated heterocycles. The number of hydrogen-bond acceptors (Lipinski definition) is 12. The maximum Gasteiger partial charge on any atom is 0.631 e. The summed E-state index contributed by atoms with van der Waals surface area (Å²) in [6.07, 6.45) is 0. The molecule has 0 rings (SSSR count). The fraction of sp³-hybridized carbons (Fsp3) is 0. The average molecular weight is 302 g/mol. The molecule has 17 heavy (non-hydrogen) atoms. The van der Waals surface area contributed by atoms with Crippen LogP contribution in [0.1, 0.15) is 0 Å². The Kier molecular flexibility index (Phi) is 45.1. The molecule has 0 aromatic carbocycles. The quantitative estimate of drug-likeness (QED) is 0.186. The third-order valence-corrected chi connectivity index (χ3v) is 0. The van der Waals surface area contributed by atoms with Crippen LogP contribution < -0.4 is 0 Å². The second kappa shape index (κ2) is 25.2. The smallest absolute Gasteiger partial charge is 0.402 e. The summed E-state index contributed by atoms with van der Waals surface area (Å²) in [6, 6.07) is 0. The van der Waals surface area contributed by atoms with Crippen LogP contribution in [0.5, 0.6) is 0 Å². The van der Waals surface area contributed by atoms with Crippen LogP contribution >= 0.6 is 0 Å². The Labute approximate surface area is 107 Å². The minimum atomic E-state index is -2.17. The van der Waals surface area contributed by atoms with E-state index < -0.39 is 29.3 Å². The first-order chi connectivity index (χ1) is 6.93. The Morgan fingerprint density at radius 1 is 0.294 bits per heavy atom. The fourth-order valence-electron chi connectivity index (χ4n) is 0. The van der Waals surface area contributed by atoms with Gasteiger partial charge >= 0.3 is 29.3 Å². The van der Waals surface area contributed by atoms with Gasteiger partial charge < -0.3 is 60.3 Å². The van der Waals surface area contributed by atoms with Crippen LogP contribution in [0.3, 0.4) is 0 Å². The van der Waals surface area contributed by atoms with E-state index in [1.54, 1.807) is 0 Å². The molecule has 12 nitrogen and oxygen atoms in total. The summed E-state index contributed by atoms with van der Waals surface area (Å²) in [4.78, 5) is 0. The molecule has 0 unspecified atom stereocenters. The van der Waals surface area contributed by atoms with Gasteiger partial charge in [0.25, 0.3) is 0 Å². The van der Waals surface area contributed by atoms with Crippen molar-refractivity contribution in [3.63, 3.8) is 0 Å². The predicted molar refractivity (Wildman–Crippen MR) is 49.6 cm³/mol. The summed E-state index contributed by atoms with van der Waals surface area (Å²) in [7, 11) is -8.67. The molecule has 103 valence electrons. The first-order valence-corrected chi connectivity index (χ1v) is 3.10. The minimum Gasteiger partial charge on any atom is -0.402 e. The van der Waals surface area contributed by atoms with Gasteiger partial charge in [0.2, 0.25) is 0 Å². The standard InChI is InChI=1S/4BH3O3.Mn/c4*2-1(3)4;/h4*2-4H;. The Morgan fingerprint density at radius 3 is 0.294 bits per heavy atom. The van der Waals surface area contributed by atoms with Gasteiger partial charge in [0.15, 0.2) is 0 Å². The SMILES string of the molecule is OB(O)O.OB(O)O.OB(O)O.OB(O)O.[Mn]. The van der Waals surface area contributed by atoms with Gasteiger partial charge in [-0.2, -0.15) is 0 Å². The Bertz CT molecular complexity index is 61.5. The molecule has 0 fully saturated rings. The van der Waals surface area contributed by atoms with E-state index in [1.807, 2.05) is 0 Å². The maximum absolute atomic E-state index is 7.17. The summed E-state index contributed by atoms with van der Waals surface area (Å²) < 4.78 is 0. The van der Waals surface area contributed by atoms with Crippen molar-refractivity contribution in [2.75, 3.05) is 0 Å². The van der Waals surface area contributed by atoms with Crippen LogP contribution in [0.25, 0.3) is 0 Å². The monoisotopic (exact) mass is 303 g/mol. The molecule has 12 N–H and O–H groups in total. The molecule has 17 heteroatoms. The van der Waals surface area contributed by atoms with Crippen LogP contribution in [-0.4, -0.2) is 89.6 Å². The fourth-order valence-corrected chi connectivity index (χ4v) is 0. The van der Waals surface area contributed by atoms with Crippen molar-refractivity contribution in [1.29, 1.82) is 0 Å². The van der Waals surface area contributed by atoms with Crippen molar-refractivity contribution in [2.24, 2.45) is 0 Å². The van der Waals surface area contributed by atoms with Gasteiger partial charge in [-0.1, -0.05) is 0 Å². The van der Waals surface area contributed by atoms with Crippen molar-refractivity contribution in [2.45, 2.75) is 0 Å². The zero-order valence-electron chi connectivity index (χ0n) is 8.05. The van der Waals surface area contributed by atoms with E-state index in [9.17, 15) is 0 Å². The van der Waals surface area contributed by atoms with E-state index in [0.717, 1.165) is 0 Å². The van der Waals surface area contributed by atoms with Crippen LogP contribution in [0.2, 0.25) is 0 Å². The van der Waals surface area contributed by atoms with E-state index in [0.29, 0.717) is 0 Å². The molecule has 1 radical (unpaired) electrons. The van der Waals surface area contributed by atoms with Crippen LogP contribution in [-0.2, 0) is 17.1 Å². The van der Waals surface area contributed by atoms with Gasteiger partial charge in [-0.3, -0.25) is 0 Å². The molecule has 0 aromatic rings. The van der Waals surface area contributed by atoms with Crippen molar-refractivity contribution >= 4 is 29.3 Å². The second-order valence-corrected chi connectivity index (χ2v) is 1.39. The third kappa shape index (κ3) is 37200. The molecule has 0 aliphatic carbocycles. The molecule has 0 atom stereocenters. The summed E-state index contributed by atoms with van der Waals surface area (Å²) >= 11 is 0. The van der Waals surface area contributed by atoms with Crippen LogP contribution in [0.4, 0.5) is 0 Å². The first-order valence-electron chi connectivity index (χ1n) is 3.10. The Balaban J connectivity index is -0.0000000369. The molecule has 0 aliphatic rings. The summed E-state index contributed by atoms with van der Waals surface area (Å²) in [6.45, 7) is 0. The Morgan fingerprint density at radius 2 is 0.294 bits per heavy atom. The van der Waals surface area contributed by atoms with Gasteiger partial charge in [-0.15, -0.1) is 0 Å². The van der Waals surface area contributed by atoms with Gasteiger partial charge in [0, 0.05) is 17.1 Å². The van der Waals surface area contributed by atoms with Crippen molar-refractivity contribution in [1.82, 2.24) is 0 Å². The topological polar surface area (TPSA) is 243 Å². The van der Waals surface area contributed by atoms with Crippen molar-refractivity contribution < 1.29 is 77.4 Å². The van der Waals surface area contributed by atoms with E-state index >= 15 is 0 Å². The molecule has 0 bridgehead atoms. The van der Waals surface area contributed by atoms with Gasteiger partial charge in [-0.25, -0.2) is 0 Å². The van der Waals surface area contributed by atoms with Gasteiger partial charge in [0.05, 0.1) is 0 Å². The Hall–Kier alpha value is 0.299. The zero-order valence-corrected chi connectivity index (χ0v) is 9.23. The second-order valence-electron chi connectivity index (χ2n) is 1.39. The third-order valence-electron chi connectivity index (χ3n) is 0. The van der Waals surface area contributed by atoms with Crippen molar-refractivity contribution in [3.05, 3.63) is 0 Å². The number of hydrogen-bond donors (Lipinski definition) is 12. The summed E-state index contributed by atoms with van der Waals surface area (Å²) in [5.74, 6) is 0. The molecule has 0 aliphatic heterocycles. The summed E-state index contributed by atoms with van der Waals surface area (Å²) in [5, 5.41) is 86.0. The zero-order chi connectivity index (χ0) is 14.3. The van der Waals surface area contributed by atoms with Gasteiger partial charge in [-0.05, 0) is 0 Å². The summed E-state index contributed by atoms with van der Waals surface area (Å²) in [5.41, 5.74) is 0. The van der Waals surface area contributed by atoms with Crippen molar-refractivity contribution in [3.8, 4) is 0 Å². The number of rotatable bonds is 0. The molecular weight excluding hydrogens is 290 g/mol. The molecule has 0 saturated carbocycles. The first kappa shape index (κ1) is 30.4. The normalized spacial score (nSPS) is 6.35. The minimum absolute atomic E-state index is 0. The molecule has 0 heterocycles. The van der Waals surface area contributed by atoms with E-state index in [-0.39, 0.29) is 17.1 Å². The van der Waals surface area contributed by atoms with E-state index in [2.05, 4.69) is 0 Å². The predicted octanol–water partition coefficient (Wildman–Crippen LogP) is -8.21. The van der Waals surface area contributed by atoms with Gasteiger partial charge in [0.1, 0.15) is 0 Å².